The van der Waals surface area contributed by atoms with Crippen molar-refractivity contribution in [3.8, 4) is 5.75 Å². The lowest BCUT2D eigenvalue weighted by atomic mass is 9.97. The Morgan fingerprint density at radius 1 is 1.47 bits per heavy atom. The number of nitrogens with one attached hydrogen (secondary N) is 1. The number of hydrogen-bond donors (Lipinski definition) is 3. The van der Waals surface area contributed by atoms with Crippen molar-refractivity contribution in [3.63, 3.8) is 0 Å². The van der Waals surface area contributed by atoms with E-state index >= 15 is 0 Å². The molecule has 3 aliphatic rings. The average molecular weight is 417 g/mol. The Balaban J connectivity index is 1.64. The van der Waals surface area contributed by atoms with Gasteiger partial charge in [0.2, 0.25) is 17.4 Å². The van der Waals surface area contributed by atoms with Gasteiger partial charge in [-0.05, 0) is 24.5 Å². The fourth-order valence-electron chi connectivity index (χ4n) is 4.06. The Morgan fingerprint density at radius 2 is 2.20 bits per heavy atom. The van der Waals surface area contributed by atoms with E-state index in [-0.39, 0.29) is 24.7 Å². The summed E-state index contributed by atoms with van der Waals surface area (Å²) < 4.78 is 5.93. The summed E-state index contributed by atoms with van der Waals surface area (Å²) in [6.45, 7) is -0.214. The highest BCUT2D eigenvalue weighted by Gasteiger charge is 2.57. The van der Waals surface area contributed by atoms with Crippen LogP contribution in [0.1, 0.15) is 25.7 Å². The number of primary amides is 1. The second-order valence-corrected chi connectivity index (χ2v) is 8.08. The number of likely N-dealkylation sites (N-methyl/N-ethyl adjacent to an activating group) is 1. The van der Waals surface area contributed by atoms with Gasteiger partial charge in [0.15, 0.2) is 11.6 Å². The van der Waals surface area contributed by atoms with E-state index in [1.54, 1.807) is 12.1 Å². The molecule has 1 aromatic rings. The molecule has 1 aliphatic carbocycles. The zero-order valence-corrected chi connectivity index (χ0v) is 16.4. The van der Waals surface area contributed by atoms with Crippen molar-refractivity contribution < 1.29 is 29.0 Å². The summed E-state index contributed by atoms with van der Waals surface area (Å²) in [4.78, 5) is 56.1. The largest absolute Gasteiger partial charge is 0.472 e. The van der Waals surface area contributed by atoms with Crippen molar-refractivity contribution >= 4 is 29.6 Å². The fourth-order valence-corrected chi connectivity index (χ4v) is 4.06. The molecule has 3 atom stereocenters. The molecule has 3 heterocycles. The maximum Gasteiger partial charge on any atom is 0.407 e. The number of carboxylic acid groups (broad SMARTS) is 1. The summed E-state index contributed by atoms with van der Waals surface area (Å²) in [6.07, 6.45) is 2.34. The molecule has 11 heteroatoms. The lowest BCUT2D eigenvalue weighted by molar-refractivity contribution is -0.142. The minimum atomic E-state index is -1.50. The number of hydrogen-bond acceptors (Lipinski definition) is 6. The predicted octanol–water partition coefficient (Wildman–Crippen LogP) is 0.0160. The van der Waals surface area contributed by atoms with Gasteiger partial charge in [0, 0.05) is 19.7 Å². The molecule has 1 saturated heterocycles. The number of nitrogens with two attached hydrogens (primary N) is 1. The van der Waals surface area contributed by atoms with Gasteiger partial charge >= 0.3 is 6.09 Å². The van der Waals surface area contributed by atoms with Crippen LogP contribution in [-0.4, -0.2) is 75.0 Å². The Bertz CT molecular complexity index is 918. The number of aromatic nitrogens is 1. The summed E-state index contributed by atoms with van der Waals surface area (Å²) in [5, 5.41) is 12.1. The molecule has 0 aromatic carbocycles. The number of carbonyl (C=O) groups excluding carboxylic acids is 3. The number of nitrogens with zero attached hydrogens (tertiary/aromatic N) is 3. The SMILES string of the molecule is CN(C(=O)O)[C@@H](CC1CC1)C(=O)N1C[C@@]2(C[C@H]1C(N)=O)Oc1cccnc1NC2=O. The number of rotatable bonds is 5. The first-order valence-electron chi connectivity index (χ1n) is 9.73. The first kappa shape index (κ1) is 19.9. The van der Waals surface area contributed by atoms with Crippen LogP contribution in [0.3, 0.4) is 0 Å². The third kappa shape index (κ3) is 3.40. The molecule has 4 rings (SSSR count). The van der Waals surface area contributed by atoms with Crippen LogP contribution in [0.25, 0.3) is 0 Å². The second-order valence-electron chi connectivity index (χ2n) is 8.08. The molecule has 1 saturated carbocycles. The number of carbonyl (C=O) groups is 4. The molecule has 0 bridgehead atoms. The molecule has 0 unspecified atom stereocenters. The Hall–Kier alpha value is -3.37. The van der Waals surface area contributed by atoms with E-state index in [0.29, 0.717) is 12.2 Å². The predicted molar refractivity (Wildman–Crippen MR) is 102 cm³/mol. The molecule has 1 spiro atoms. The van der Waals surface area contributed by atoms with Gasteiger partial charge in [0.05, 0.1) is 6.54 Å². The quantitative estimate of drug-likeness (QED) is 0.610. The van der Waals surface area contributed by atoms with Crippen molar-refractivity contribution in [1.29, 1.82) is 0 Å². The topological polar surface area (TPSA) is 155 Å². The maximum absolute atomic E-state index is 13.4. The summed E-state index contributed by atoms with van der Waals surface area (Å²) in [5.41, 5.74) is 4.04. The summed E-state index contributed by atoms with van der Waals surface area (Å²) in [5.74, 6) is -1.02. The lowest BCUT2D eigenvalue weighted by Gasteiger charge is -2.34. The molecule has 11 nitrogen and oxygen atoms in total. The Labute approximate surface area is 172 Å². The number of fused-ring (bicyclic) bond motifs is 1. The van der Waals surface area contributed by atoms with Crippen molar-refractivity contribution in [1.82, 2.24) is 14.8 Å². The van der Waals surface area contributed by atoms with E-state index < -0.39 is 41.5 Å². The molecular formula is C19H23N5O6. The number of ether oxygens (including phenoxy) is 1. The van der Waals surface area contributed by atoms with Gasteiger partial charge in [-0.25, -0.2) is 9.78 Å². The minimum Gasteiger partial charge on any atom is -0.472 e. The van der Waals surface area contributed by atoms with Gasteiger partial charge < -0.3 is 25.8 Å². The van der Waals surface area contributed by atoms with E-state index in [9.17, 15) is 24.3 Å². The molecular weight excluding hydrogens is 394 g/mol. The fraction of sp³-hybridized carbons (Fsp3) is 0.526. The number of pyridine rings is 1. The molecule has 2 fully saturated rings. The standard InChI is InChI=1S/C19H23N5O6/c1-23(18(28)29)11(7-10-4-5-10)16(26)24-9-19(8-12(24)14(20)25)17(27)22-15-13(30-19)3-2-6-21-15/h2-3,6,10-12H,4-5,7-9H2,1H3,(H2,20,25)(H,28,29)(H,21,22,27)/t11-,12-,19+/m0/s1. The van der Waals surface area contributed by atoms with Crippen LogP contribution < -0.4 is 15.8 Å². The average Bonchev–Trinajstić information content (AvgIpc) is 3.44. The van der Waals surface area contributed by atoms with Gasteiger partial charge in [-0.3, -0.25) is 19.3 Å². The third-order valence-corrected chi connectivity index (χ3v) is 5.97. The van der Waals surface area contributed by atoms with Crippen LogP contribution in [0.5, 0.6) is 5.75 Å². The van der Waals surface area contributed by atoms with Crippen molar-refractivity contribution in [2.75, 3.05) is 18.9 Å². The van der Waals surface area contributed by atoms with Crippen LogP contribution in [-0.2, 0) is 14.4 Å². The van der Waals surface area contributed by atoms with Gasteiger partial charge in [0.25, 0.3) is 5.91 Å². The van der Waals surface area contributed by atoms with E-state index in [4.69, 9.17) is 10.5 Å². The lowest BCUT2D eigenvalue weighted by Crippen LogP contribution is -2.55. The monoisotopic (exact) mass is 417 g/mol. The highest BCUT2D eigenvalue weighted by molar-refractivity contribution is 6.02. The van der Waals surface area contributed by atoms with Crippen LogP contribution in [0.2, 0.25) is 0 Å². The number of likely N-dealkylation sites (tertiary alicyclic amines) is 1. The van der Waals surface area contributed by atoms with E-state index in [1.165, 1.54) is 18.1 Å². The minimum absolute atomic E-state index is 0.124. The number of anilines is 1. The summed E-state index contributed by atoms with van der Waals surface area (Å²) >= 11 is 0. The van der Waals surface area contributed by atoms with E-state index in [0.717, 1.165) is 17.7 Å². The van der Waals surface area contributed by atoms with Gasteiger partial charge in [-0.2, -0.15) is 0 Å². The molecule has 4 amide bonds. The van der Waals surface area contributed by atoms with Crippen molar-refractivity contribution in [2.45, 2.75) is 43.4 Å². The first-order valence-corrected chi connectivity index (χ1v) is 9.73. The summed E-state index contributed by atoms with van der Waals surface area (Å²) in [6, 6.07) is 1.21. The Morgan fingerprint density at radius 3 is 2.83 bits per heavy atom. The smallest absolute Gasteiger partial charge is 0.407 e. The Kier molecular flexibility index (Phi) is 4.75. The molecule has 1 aromatic heterocycles. The molecule has 4 N–H and O–H groups in total. The van der Waals surface area contributed by atoms with Crippen molar-refractivity contribution in [2.24, 2.45) is 11.7 Å². The zero-order chi connectivity index (χ0) is 21.6. The zero-order valence-electron chi connectivity index (χ0n) is 16.4. The van der Waals surface area contributed by atoms with Gasteiger partial charge in [0.1, 0.15) is 12.1 Å². The van der Waals surface area contributed by atoms with Gasteiger partial charge in [-0.1, -0.05) is 12.8 Å². The van der Waals surface area contributed by atoms with E-state index in [2.05, 4.69) is 10.3 Å². The van der Waals surface area contributed by atoms with Crippen LogP contribution in [0, 0.1) is 5.92 Å². The normalized spacial score (nSPS) is 25.8. The molecule has 160 valence electrons. The second kappa shape index (κ2) is 7.15. The van der Waals surface area contributed by atoms with Crippen LogP contribution >= 0.6 is 0 Å². The summed E-state index contributed by atoms with van der Waals surface area (Å²) in [7, 11) is 1.32. The third-order valence-electron chi connectivity index (χ3n) is 5.97. The maximum atomic E-state index is 13.4. The molecule has 0 radical (unpaired) electrons. The van der Waals surface area contributed by atoms with Gasteiger partial charge in [-0.15, -0.1) is 0 Å². The number of amides is 4. The first-order chi connectivity index (χ1) is 14.2. The highest BCUT2D eigenvalue weighted by atomic mass is 16.5. The van der Waals surface area contributed by atoms with Crippen molar-refractivity contribution in [3.05, 3.63) is 18.3 Å². The molecule has 2 aliphatic heterocycles. The molecule has 30 heavy (non-hydrogen) atoms. The van der Waals surface area contributed by atoms with Crippen LogP contribution in [0.15, 0.2) is 18.3 Å². The highest BCUT2D eigenvalue weighted by Crippen LogP contribution is 2.40. The van der Waals surface area contributed by atoms with E-state index in [1.807, 2.05) is 0 Å². The van der Waals surface area contributed by atoms with Crippen LogP contribution in [0.4, 0.5) is 10.6 Å².